The Morgan fingerprint density at radius 3 is 2.54 bits per heavy atom. The first-order chi connectivity index (χ1) is 13.6. The fraction of sp³-hybridized carbons (Fsp3) is 0.304. The van der Waals surface area contributed by atoms with Gasteiger partial charge in [-0.05, 0) is 56.0 Å². The van der Waals surface area contributed by atoms with Crippen molar-refractivity contribution in [2.45, 2.75) is 25.8 Å². The summed E-state index contributed by atoms with van der Waals surface area (Å²) in [6.07, 6.45) is 2.38. The van der Waals surface area contributed by atoms with Crippen molar-refractivity contribution in [3.05, 3.63) is 54.1 Å². The lowest BCUT2D eigenvalue weighted by molar-refractivity contribution is 0.0937. The number of carbonyl (C=O) groups is 1. The zero-order valence-corrected chi connectivity index (χ0v) is 16.4. The Bertz CT molecular complexity index is 1030. The molecule has 5 heteroatoms. The predicted octanol–water partition coefficient (Wildman–Crippen LogP) is 4.45. The topological polar surface area (TPSA) is 60.5 Å². The third kappa shape index (κ3) is 3.52. The third-order valence-corrected chi connectivity index (χ3v) is 5.33. The molecule has 0 bridgehead atoms. The Morgan fingerprint density at radius 2 is 1.82 bits per heavy atom. The van der Waals surface area contributed by atoms with Crippen molar-refractivity contribution in [3.63, 3.8) is 0 Å². The van der Waals surface area contributed by atoms with Gasteiger partial charge in [-0.25, -0.2) is 4.98 Å². The molecule has 1 aliphatic carbocycles. The van der Waals surface area contributed by atoms with E-state index in [2.05, 4.69) is 12.2 Å². The van der Waals surface area contributed by atoms with Gasteiger partial charge < -0.3 is 14.8 Å². The normalized spacial score (nSPS) is 14.5. The van der Waals surface area contributed by atoms with Crippen LogP contribution in [0.25, 0.3) is 22.2 Å². The second-order valence-electron chi connectivity index (χ2n) is 7.24. The molecule has 1 fully saturated rings. The molecule has 0 radical (unpaired) electrons. The minimum absolute atomic E-state index is 0.0558. The maximum atomic E-state index is 13.0. The first-order valence-electron chi connectivity index (χ1n) is 9.53. The number of para-hydroxylation sites is 1. The molecule has 1 aliphatic rings. The molecule has 1 heterocycles. The largest absolute Gasteiger partial charge is 0.493 e. The number of hydrogen-bond acceptors (Lipinski definition) is 4. The molecule has 3 aromatic rings. The minimum atomic E-state index is -0.0558. The molecule has 1 amide bonds. The smallest absolute Gasteiger partial charge is 0.252 e. The number of amides is 1. The fourth-order valence-corrected chi connectivity index (χ4v) is 3.51. The summed E-state index contributed by atoms with van der Waals surface area (Å²) in [6.45, 7) is 2.08. The summed E-state index contributed by atoms with van der Waals surface area (Å²) in [5.74, 6) is 1.83. The van der Waals surface area contributed by atoms with E-state index in [1.165, 1.54) is 12.8 Å². The standard InChI is InChI=1S/C23H24N2O3/c1-14(15-8-9-15)24-23(26)18-13-20(25-19-7-5-4-6-17(18)19)16-10-11-21(27-2)22(12-16)28-3/h4-7,10-15H,8-9H2,1-3H3,(H,24,26)/t14-/m1/s1. The molecule has 4 rings (SSSR count). The first kappa shape index (κ1) is 18.3. The monoisotopic (exact) mass is 376 g/mol. The Kier molecular flexibility index (Phi) is 4.90. The van der Waals surface area contributed by atoms with Crippen LogP contribution in [0.2, 0.25) is 0 Å². The molecule has 1 aromatic heterocycles. The molecular formula is C23H24N2O3. The lowest BCUT2D eigenvalue weighted by Gasteiger charge is -2.15. The van der Waals surface area contributed by atoms with Gasteiger partial charge in [-0.2, -0.15) is 0 Å². The van der Waals surface area contributed by atoms with Crippen LogP contribution in [0.3, 0.4) is 0 Å². The molecule has 5 nitrogen and oxygen atoms in total. The van der Waals surface area contributed by atoms with Crippen LogP contribution in [-0.4, -0.2) is 31.2 Å². The quantitative estimate of drug-likeness (QED) is 0.691. The zero-order chi connectivity index (χ0) is 19.7. The van der Waals surface area contributed by atoms with E-state index in [-0.39, 0.29) is 11.9 Å². The number of nitrogens with one attached hydrogen (secondary N) is 1. The maximum Gasteiger partial charge on any atom is 0.252 e. The summed E-state index contributed by atoms with van der Waals surface area (Å²) in [4.78, 5) is 17.8. The number of methoxy groups -OCH3 is 2. The van der Waals surface area contributed by atoms with Crippen molar-refractivity contribution >= 4 is 16.8 Å². The van der Waals surface area contributed by atoms with Crippen LogP contribution in [-0.2, 0) is 0 Å². The number of hydrogen-bond donors (Lipinski definition) is 1. The van der Waals surface area contributed by atoms with E-state index < -0.39 is 0 Å². The lowest BCUT2D eigenvalue weighted by Crippen LogP contribution is -2.34. The van der Waals surface area contributed by atoms with E-state index in [0.717, 1.165) is 22.2 Å². The van der Waals surface area contributed by atoms with Crippen molar-refractivity contribution in [1.29, 1.82) is 0 Å². The van der Waals surface area contributed by atoms with Crippen molar-refractivity contribution in [2.75, 3.05) is 14.2 Å². The minimum Gasteiger partial charge on any atom is -0.493 e. The van der Waals surface area contributed by atoms with Gasteiger partial charge in [-0.1, -0.05) is 18.2 Å². The summed E-state index contributed by atoms with van der Waals surface area (Å²) in [5.41, 5.74) is 3.03. The van der Waals surface area contributed by atoms with Crippen LogP contribution in [0.4, 0.5) is 0 Å². The van der Waals surface area contributed by atoms with E-state index in [4.69, 9.17) is 14.5 Å². The van der Waals surface area contributed by atoms with Gasteiger partial charge in [0.2, 0.25) is 0 Å². The van der Waals surface area contributed by atoms with E-state index in [1.807, 2.05) is 48.5 Å². The Labute approximate surface area is 164 Å². The Morgan fingerprint density at radius 1 is 1.07 bits per heavy atom. The number of aromatic nitrogens is 1. The van der Waals surface area contributed by atoms with Gasteiger partial charge in [-0.3, -0.25) is 4.79 Å². The van der Waals surface area contributed by atoms with Crippen LogP contribution in [0.5, 0.6) is 11.5 Å². The average Bonchev–Trinajstić information content (AvgIpc) is 3.57. The van der Waals surface area contributed by atoms with E-state index in [1.54, 1.807) is 14.2 Å². The second-order valence-corrected chi connectivity index (χ2v) is 7.24. The highest BCUT2D eigenvalue weighted by Crippen LogP contribution is 2.34. The molecule has 28 heavy (non-hydrogen) atoms. The third-order valence-electron chi connectivity index (χ3n) is 5.33. The molecule has 1 N–H and O–H groups in total. The molecule has 1 atom stereocenters. The highest BCUT2D eigenvalue weighted by Gasteiger charge is 2.29. The molecule has 144 valence electrons. The Balaban J connectivity index is 1.78. The van der Waals surface area contributed by atoms with E-state index in [0.29, 0.717) is 23.0 Å². The molecular weight excluding hydrogens is 352 g/mol. The molecule has 0 aliphatic heterocycles. The SMILES string of the molecule is COc1ccc(-c2cc(C(=O)N[C@H](C)C3CC3)c3ccccc3n2)cc1OC. The number of nitrogens with zero attached hydrogens (tertiary/aromatic N) is 1. The molecule has 0 saturated heterocycles. The summed E-state index contributed by atoms with van der Waals surface area (Å²) in [5, 5.41) is 4.01. The second kappa shape index (κ2) is 7.50. The average molecular weight is 376 g/mol. The number of pyridine rings is 1. The van der Waals surface area contributed by atoms with Crippen molar-refractivity contribution < 1.29 is 14.3 Å². The number of ether oxygens (including phenoxy) is 2. The van der Waals surface area contributed by atoms with Crippen LogP contribution in [0.15, 0.2) is 48.5 Å². The van der Waals surface area contributed by atoms with Crippen molar-refractivity contribution in [1.82, 2.24) is 10.3 Å². The summed E-state index contributed by atoms with van der Waals surface area (Å²) in [7, 11) is 3.21. The van der Waals surface area contributed by atoms with Crippen LogP contribution in [0, 0.1) is 5.92 Å². The molecule has 0 spiro atoms. The first-order valence-corrected chi connectivity index (χ1v) is 9.53. The van der Waals surface area contributed by atoms with Crippen LogP contribution in [0.1, 0.15) is 30.1 Å². The van der Waals surface area contributed by atoms with Gasteiger partial charge >= 0.3 is 0 Å². The molecule has 1 saturated carbocycles. The molecule has 2 aromatic carbocycles. The van der Waals surface area contributed by atoms with Crippen molar-refractivity contribution in [2.24, 2.45) is 5.92 Å². The number of benzene rings is 2. The highest BCUT2D eigenvalue weighted by molar-refractivity contribution is 6.07. The van der Waals surface area contributed by atoms with Gasteiger partial charge in [0, 0.05) is 17.0 Å². The summed E-state index contributed by atoms with van der Waals surface area (Å²) in [6, 6.07) is 15.4. The van der Waals surface area contributed by atoms with Gasteiger partial charge in [0.05, 0.1) is 31.0 Å². The number of fused-ring (bicyclic) bond motifs is 1. The van der Waals surface area contributed by atoms with Gasteiger partial charge in [-0.15, -0.1) is 0 Å². The summed E-state index contributed by atoms with van der Waals surface area (Å²) < 4.78 is 10.7. The van der Waals surface area contributed by atoms with Gasteiger partial charge in [0.1, 0.15) is 0 Å². The fourth-order valence-electron chi connectivity index (χ4n) is 3.51. The van der Waals surface area contributed by atoms with E-state index in [9.17, 15) is 4.79 Å². The van der Waals surface area contributed by atoms with Gasteiger partial charge in [0.25, 0.3) is 5.91 Å². The van der Waals surface area contributed by atoms with Gasteiger partial charge in [0.15, 0.2) is 11.5 Å². The predicted molar refractivity (Wildman–Crippen MR) is 110 cm³/mol. The van der Waals surface area contributed by atoms with E-state index >= 15 is 0 Å². The zero-order valence-electron chi connectivity index (χ0n) is 16.4. The molecule has 0 unspecified atom stereocenters. The lowest BCUT2D eigenvalue weighted by atomic mass is 10.0. The highest BCUT2D eigenvalue weighted by atomic mass is 16.5. The van der Waals surface area contributed by atoms with Crippen LogP contribution < -0.4 is 14.8 Å². The Hall–Kier alpha value is -3.08. The van der Waals surface area contributed by atoms with Crippen molar-refractivity contribution in [3.8, 4) is 22.8 Å². The van der Waals surface area contributed by atoms with Crippen LogP contribution >= 0.6 is 0 Å². The number of carbonyl (C=O) groups excluding carboxylic acids is 1. The number of rotatable bonds is 6. The maximum absolute atomic E-state index is 13.0. The summed E-state index contributed by atoms with van der Waals surface area (Å²) >= 11 is 0.